The number of carboxylic acid groups (broad SMARTS) is 1. The highest BCUT2D eigenvalue weighted by Crippen LogP contribution is 2.26. The van der Waals surface area contributed by atoms with E-state index >= 15 is 0 Å². The fourth-order valence-electron chi connectivity index (χ4n) is 1.55. The molecule has 0 aromatic carbocycles. The van der Waals surface area contributed by atoms with Gasteiger partial charge in [-0.05, 0) is 39.3 Å². The molecule has 22 heavy (non-hydrogen) atoms. The van der Waals surface area contributed by atoms with Crippen LogP contribution in [0.15, 0.2) is 6.07 Å². The number of alkyl carbamates (subject to hydrolysis) is 1. The molecule has 0 atom stereocenters. The van der Waals surface area contributed by atoms with Gasteiger partial charge in [0.2, 0.25) is 5.91 Å². The molecule has 1 heterocycles. The van der Waals surface area contributed by atoms with Crippen LogP contribution < -0.4 is 10.6 Å². The van der Waals surface area contributed by atoms with Crippen LogP contribution in [0.4, 0.5) is 9.80 Å². The van der Waals surface area contributed by atoms with Crippen LogP contribution in [0.2, 0.25) is 0 Å². The molecule has 3 N–H and O–H groups in total. The number of amides is 2. The quantitative estimate of drug-likeness (QED) is 0.770. The molecule has 1 aromatic rings. The van der Waals surface area contributed by atoms with Crippen molar-refractivity contribution in [3.63, 3.8) is 0 Å². The maximum Gasteiger partial charge on any atom is 0.407 e. The van der Waals surface area contributed by atoms with Crippen molar-refractivity contribution >= 4 is 34.3 Å². The van der Waals surface area contributed by atoms with E-state index in [9.17, 15) is 14.4 Å². The number of ether oxygens (including phenoxy) is 1. The standard InChI is InChI=1S/C14H20N2O5S/c1-8-7-10(22-11(8)12(18)19)16-9(17)5-6-15-13(20)21-14(2,3)4/h7H,5-6H2,1-4H3,(H,15,20)(H,16,17)(H,18,19). The van der Waals surface area contributed by atoms with Crippen LogP contribution in [0.5, 0.6) is 0 Å². The summed E-state index contributed by atoms with van der Waals surface area (Å²) in [6.45, 7) is 7.05. The third kappa shape index (κ3) is 6.13. The van der Waals surface area contributed by atoms with Gasteiger partial charge >= 0.3 is 12.1 Å². The van der Waals surface area contributed by atoms with Crippen molar-refractivity contribution in [1.82, 2.24) is 5.32 Å². The molecule has 0 fully saturated rings. The number of hydrogen-bond acceptors (Lipinski definition) is 5. The molecule has 0 unspecified atom stereocenters. The lowest BCUT2D eigenvalue weighted by atomic mass is 10.2. The molecule has 0 saturated heterocycles. The van der Waals surface area contributed by atoms with Gasteiger partial charge in [0.1, 0.15) is 10.5 Å². The minimum Gasteiger partial charge on any atom is -0.477 e. The zero-order valence-corrected chi connectivity index (χ0v) is 13.8. The summed E-state index contributed by atoms with van der Waals surface area (Å²) >= 11 is 1.00. The monoisotopic (exact) mass is 328 g/mol. The highest BCUT2D eigenvalue weighted by Gasteiger charge is 2.16. The Morgan fingerprint density at radius 3 is 2.45 bits per heavy atom. The van der Waals surface area contributed by atoms with E-state index in [0.717, 1.165) is 11.3 Å². The van der Waals surface area contributed by atoms with Crippen LogP contribution in [-0.4, -0.2) is 35.2 Å². The molecule has 0 bridgehead atoms. The summed E-state index contributed by atoms with van der Waals surface area (Å²) in [5.41, 5.74) is 0.00771. The number of thiophene rings is 1. The summed E-state index contributed by atoms with van der Waals surface area (Å²) in [4.78, 5) is 34.2. The third-order valence-corrected chi connectivity index (χ3v) is 3.54. The molecular formula is C14H20N2O5S. The summed E-state index contributed by atoms with van der Waals surface area (Å²) < 4.78 is 5.04. The third-order valence-electron chi connectivity index (χ3n) is 2.39. The summed E-state index contributed by atoms with van der Waals surface area (Å²) in [5.74, 6) is -1.33. The highest BCUT2D eigenvalue weighted by molar-refractivity contribution is 7.18. The zero-order chi connectivity index (χ0) is 16.9. The Kier molecular flexibility index (Phi) is 5.92. The first-order chi connectivity index (χ1) is 10.1. The van der Waals surface area contributed by atoms with Crippen molar-refractivity contribution in [3.8, 4) is 0 Å². The smallest absolute Gasteiger partial charge is 0.407 e. The largest absolute Gasteiger partial charge is 0.477 e. The van der Waals surface area contributed by atoms with E-state index < -0.39 is 17.7 Å². The predicted molar refractivity (Wildman–Crippen MR) is 83.5 cm³/mol. The van der Waals surface area contributed by atoms with E-state index in [-0.39, 0.29) is 23.7 Å². The molecule has 0 aliphatic carbocycles. The first-order valence-corrected chi connectivity index (χ1v) is 7.50. The van der Waals surface area contributed by atoms with E-state index in [1.54, 1.807) is 33.8 Å². The molecule has 1 aromatic heterocycles. The maximum atomic E-state index is 11.7. The molecule has 1 rings (SSSR count). The Morgan fingerprint density at radius 1 is 1.32 bits per heavy atom. The molecule has 0 spiro atoms. The first-order valence-electron chi connectivity index (χ1n) is 6.69. The van der Waals surface area contributed by atoms with E-state index in [1.807, 2.05) is 0 Å². The van der Waals surface area contributed by atoms with Crippen LogP contribution in [0.3, 0.4) is 0 Å². The average molecular weight is 328 g/mol. The number of carboxylic acids is 1. The second-order valence-corrected chi connectivity index (χ2v) is 6.71. The van der Waals surface area contributed by atoms with Gasteiger partial charge in [-0.3, -0.25) is 4.79 Å². The summed E-state index contributed by atoms with van der Waals surface area (Å²) in [6, 6.07) is 1.60. The lowest BCUT2D eigenvalue weighted by Gasteiger charge is -2.19. The van der Waals surface area contributed by atoms with Crippen molar-refractivity contribution in [2.24, 2.45) is 0 Å². The zero-order valence-electron chi connectivity index (χ0n) is 13.0. The van der Waals surface area contributed by atoms with Gasteiger partial charge in [0.15, 0.2) is 0 Å². The Labute approximate surface area is 132 Å². The molecule has 0 saturated carbocycles. The number of anilines is 1. The van der Waals surface area contributed by atoms with E-state index in [4.69, 9.17) is 9.84 Å². The molecule has 0 aliphatic rings. The summed E-state index contributed by atoms with van der Waals surface area (Å²) in [5, 5.41) is 14.5. The van der Waals surface area contributed by atoms with Gasteiger partial charge in [0.05, 0.1) is 5.00 Å². The molecule has 8 heteroatoms. The highest BCUT2D eigenvalue weighted by atomic mass is 32.1. The Morgan fingerprint density at radius 2 is 1.95 bits per heavy atom. The van der Waals surface area contributed by atoms with E-state index in [0.29, 0.717) is 10.6 Å². The van der Waals surface area contributed by atoms with Gasteiger partial charge in [-0.25, -0.2) is 9.59 Å². The average Bonchev–Trinajstić information content (AvgIpc) is 2.67. The molecule has 122 valence electrons. The lowest BCUT2D eigenvalue weighted by molar-refractivity contribution is -0.116. The molecule has 0 radical (unpaired) electrons. The number of aromatic carboxylic acids is 1. The Hall–Kier alpha value is -2.09. The molecular weight excluding hydrogens is 308 g/mol. The number of carbonyl (C=O) groups is 3. The lowest BCUT2D eigenvalue weighted by Crippen LogP contribution is -2.34. The number of aryl methyl sites for hydroxylation is 1. The van der Waals surface area contributed by atoms with Crippen LogP contribution in [0, 0.1) is 6.92 Å². The predicted octanol–water partition coefficient (Wildman–Crippen LogP) is 2.61. The first kappa shape index (κ1) is 18.0. The Balaban J connectivity index is 2.40. The van der Waals surface area contributed by atoms with Gasteiger partial charge in [-0.1, -0.05) is 0 Å². The molecule has 0 aliphatic heterocycles. The van der Waals surface area contributed by atoms with Gasteiger partial charge in [0.25, 0.3) is 0 Å². The van der Waals surface area contributed by atoms with E-state index in [2.05, 4.69) is 10.6 Å². The van der Waals surface area contributed by atoms with Crippen molar-refractivity contribution in [1.29, 1.82) is 0 Å². The van der Waals surface area contributed by atoms with Gasteiger partial charge in [0, 0.05) is 13.0 Å². The summed E-state index contributed by atoms with van der Waals surface area (Å²) in [6.07, 6.45) is -0.515. The van der Waals surface area contributed by atoms with Crippen LogP contribution in [-0.2, 0) is 9.53 Å². The second kappa shape index (κ2) is 7.26. The van der Waals surface area contributed by atoms with Gasteiger partial charge in [-0.15, -0.1) is 11.3 Å². The SMILES string of the molecule is Cc1cc(NC(=O)CCNC(=O)OC(C)(C)C)sc1C(=O)O. The van der Waals surface area contributed by atoms with Gasteiger partial charge < -0.3 is 20.5 Å². The fraction of sp³-hybridized carbons (Fsp3) is 0.500. The fourth-order valence-corrected chi connectivity index (χ4v) is 2.48. The minimum absolute atomic E-state index is 0.0681. The van der Waals surface area contributed by atoms with Crippen LogP contribution in [0.25, 0.3) is 0 Å². The molecule has 2 amide bonds. The maximum absolute atomic E-state index is 11.7. The topological polar surface area (TPSA) is 105 Å². The van der Waals surface area contributed by atoms with Crippen LogP contribution >= 0.6 is 11.3 Å². The Bertz CT molecular complexity index is 574. The van der Waals surface area contributed by atoms with Gasteiger partial charge in [-0.2, -0.15) is 0 Å². The summed E-state index contributed by atoms with van der Waals surface area (Å²) in [7, 11) is 0. The second-order valence-electron chi connectivity index (χ2n) is 5.65. The van der Waals surface area contributed by atoms with Crippen LogP contribution in [0.1, 0.15) is 42.4 Å². The minimum atomic E-state index is -1.02. The van der Waals surface area contributed by atoms with Crippen molar-refractivity contribution in [3.05, 3.63) is 16.5 Å². The number of nitrogens with one attached hydrogen (secondary N) is 2. The normalized spacial score (nSPS) is 10.9. The number of carbonyl (C=O) groups excluding carboxylic acids is 2. The number of hydrogen-bond donors (Lipinski definition) is 3. The van der Waals surface area contributed by atoms with Crippen molar-refractivity contribution in [2.75, 3.05) is 11.9 Å². The molecule has 7 nitrogen and oxygen atoms in total. The van der Waals surface area contributed by atoms with Crippen molar-refractivity contribution in [2.45, 2.75) is 39.7 Å². The van der Waals surface area contributed by atoms with E-state index in [1.165, 1.54) is 0 Å². The number of rotatable bonds is 5. The van der Waals surface area contributed by atoms with Crippen molar-refractivity contribution < 1.29 is 24.2 Å².